The molecule has 110 valence electrons. The monoisotopic (exact) mass is 314 g/mol. The Kier molecular flexibility index (Phi) is 5.70. The summed E-state index contributed by atoms with van der Waals surface area (Å²) in [6, 6.07) is 5.74. The van der Waals surface area contributed by atoms with Crippen LogP contribution in [0, 0.1) is 0 Å². The van der Waals surface area contributed by atoms with Gasteiger partial charge in [-0.1, -0.05) is 11.6 Å². The van der Waals surface area contributed by atoms with E-state index in [0.29, 0.717) is 12.0 Å². The molecule has 20 heavy (non-hydrogen) atoms. The van der Waals surface area contributed by atoms with E-state index < -0.39 is 0 Å². The number of hydrogen-bond donors (Lipinski definition) is 0. The molecule has 1 heterocycles. The molecule has 1 aromatic heterocycles. The summed E-state index contributed by atoms with van der Waals surface area (Å²) in [5.74, 6) is 1.31. The number of alkyl halides is 1. The number of aromatic nitrogens is 2. The lowest BCUT2D eigenvalue weighted by Gasteiger charge is -2.09. The van der Waals surface area contributed by atoms with Gasteiger partial charge in [-0.25, -0.2) is 4.98 Å². The molecule has 0 unspecified atom stereocenters. The Bertz CT molecular complexity index is 566. The number of unbranched alkanes of at least 4 members (excludes halogenated alkanes) is 1. The van der Waals surface area contributed by atoms with Crippen molar-refractivity contribution in [2.75, 3.05) is 6.61 Å². The van der Waals surface area contributed by atoms with E-state index in [2.05, 4.69) is 23.4 Å². The molecule has 0 saturated heterocycles. The van der Waals surface area contributed by atoms with E-state index in [4.69, 9.17) is 27.9 Å². The van der Waals surface area contributed by atoms with Crippen molar-refractivity contribution in [2.45, 2.75) is 45.2 Å². The van der Waals surface area contributed by atoms with Crippen molar-refractivity contribution in [3.63, 3.8) is 0 Å². The van der Waals surface area contributed by atoms with Crippen molar-refractivity contribution in [3.05, 3.63) is 29.0 Å². The lowest BCUT2D eigenvalue weighted by Crippen LogP contribution is -2.07. The van der Waals surface area contributed by atoms with Crippen LogP contribution in [0.2, 0.25) is 5.02 Å². The first-order valence-electron chi connectivity index (χ1n) is 6.94. The molecule has 3 nitrogen and oxygen atoms in total. The van der Waals surface area contributed by atoms with E-state index >= 15 is 0 Å². The molecule has 0 saturated carbocycles. The van der Waals surface area contributed by atoms with Crippen molar-refractivity contribution in [1.29, 1.82) is 0 Å². The fourth-order valence-electron chi connectivity index (χ4n) is 2.19. The van der Waals surface area contributed by atoms with Crippen molar-refractivity contribution in [3.8, 4) is 0 Å². The summed E-state index contributed by atoms with van der Waals surface area (Å²) in [6.07, 6.45) is 2.36. The van der Waals surface area contributed by atoms with E-state index in [0.717, 1.165) is 47.9 Å². The predicted molar refractivity (Wildman–Crippen MR) is 84.6 cm³/mol. The molecule has 1 aromatic carbocycles. The Balaban J connectivity index is 2.06. The van der Waals surface area contributed by atoms with Crippen molar-refractivity contribution >= 4 is 34.2 Å². The molecule has 0 amide bonds. The van der Waals surface area contributed by atoms with Crippen LogP contribution in [0.15, 0.2) is 18.2 Å². The third kappa shape index (κ3) is 3.87. The first-order chi connectivity index (χ1) is 9.61. The minimum Gasteiger partial charge on any atom is -0.379 e. The van der Waals surface area contributed by atoms with Crippen LogP contribution in [0.5, 0.6) is 0 Å². The van der Waals surface area contributed by atoms with Crippen LogP contribution in [-0.4, -0.2) is 22.3 Å². The second-order valence-corrected chi connectivity index (χ2v) is 5.78. The SMILES string of the molecule is CC(C)OCCCCn1c(CCl)nc2ccc(Cl)cc21. The lowest BCUT2D eigenvalue weighted by molar-refractivity contribution is 0.0754. The maximum atomic E-state index is 6.07. The highest BCUT2D eigenvalue weighted by atomic mass is 35.5. The molecule has 0 N–H and O–H groups in total. The summed E-state index contributed by atoms with van der Waals surface area (Å²) in [6.45, 7) is 5.79. The van der Waals surface area contributed by atoms with E-state index in [-0.39, 0.29) is 0 Å². The van der Waals surface area contributed by atoms with Crippen LogP contribution in [-0.2, 0) is 17.2 Å². The van der Waals surface area contributed by atoms with Gasteiger partial charge < -0.3 is 9.30 Å². The van der Waals surface area contributed by atoms with Gasteiger partial charge in [-0.15, -0.1) is 11.6 Å². The lowest BCUT2D eigenvalue weighted by atomic mass is 10.3. The number of hydrogen-bond acceptors (Lipinski definition) is 2. The smallest absolute Gasteiger partial charge is 0.124 e. The molecule has 5 heteroatoms. The third-order valence-electron chi connectivity index (χ3n) is 3.14. The molecule has 0 aliphatic heterocycles. The minimum atomic E-state index is 0.293. The summed E-state index contributed by atoms with van der Waals surface area (Å²) < 4.78 is 7.71. The van der Waals surface area contributed by atoms with Crippen LogP contribution >= 0.6 is 23.2 Å². The molecule has 0 fully saturated rings. The summed E-state index contributed by atoms with van der Waals surface area (Å²) in [5, 5.41) is 0.725. The van der Waals surface area contributed by atoms with Crippen molar-refractivity contribution in [2.24, 2.45) is 0 Å². The number of rotatable bonds is 7. The maximum Gasteiger partial charge on any atom is 0.124 e. The van der Waals surface area contributed by atoms with Gasteiger partial charge >= 0.3 is 0 Å². The second-order valence-electron chi connectivity index (χ2n) is 5.07. The van der Waals surface area contributed by atoms with Gasteiger partial charge in [0.15, 0.2) is 0 Å². The number of fused-ring (bicyclic) bond motifs is 1. The molecule has 0 bridgehead atoms. The molecule has 0 aliphatic rings. The fraction of sp³-hybridized carbons (Fsp3) is 0.533. The quantitative estimate of drug-likeness (QED) is 0.550. The Labute approximate surface area is 129 Å². The van der Waals surface area contributed by atoms with Crippen LogP contribution in [0.4, 0.5) is 0 Å². The number of halogens is 2. The largest absolute Gasteiger partial charge is 0.379 e. The standard InChI is InChI=1S/C15H20Cl2N2O/c1-11(2)20-8-4-3-7-19-14-9-12(17)5-6-13(14)18-15(19)10-16/h5-6,9,11H,3-4,7-8,10H2,1-2H3. The first kappa shape index (κ1) is 15.6. The molecule has 2 aromatic rings. The van der Waals surface area contributed by atoms with Gasteiger partial charge in [-0.3, -0.25) is 0 Å². The Morgan fingerprint density at radius 1 is 1.30 bits per heavy atom. The minimum absolute atomic E-state index is 0.293. The molecule has 0 atom stereocenters. The maximum absolute atomic E-state index is 6.07. The zero-order valence-corrected chi connectivity index (χ0v) is 13.4. The number of nitrogens with zero attached hydrogens (tertiary/aromatic N) is 2. The van der Waals surface area contributed by atoms with Gasteiger partial charge in [-0.05, 0) is 44.9 Å². The average Bonchev–Trinajstić information content (AvgIpc) is 2.75. The molecule has 2 rings (SSSR count). The van der Waals surface area contributed by atoms with E-state index in [1.165, 1.54) is 0 Å². The number of aryl methyl sites for hydroxylation is 1. The van der Waals surface area contributed by atoms with Gasteiger partial charge in [0.05, 0.1) is 23.0 Å². The van der Waals surface area contributed by atoms with Crippen molar-refractivity contribution in [1.82, 2.24) is 9.55 Å². The normalized spacial score (nSPS) is 11.7. The highest BCUT2D eigenvalue weighted by Gasteiger charge is 2.10. The van der Waals surface area contributed by atoms with Crippen molar-refractivity contribution < 1.29 is 4.74 Å². The summed E-state index contributed by atoms with van der Waals surface area (Å²) >= 11 is 12.1. The van der Waals surface area contributed by atoms with E-state index in [1.807, 2.05) is 18.2 Å². The van der Waals surface area contributed by atoms with Gasteiger partial charge in [0.25, 0.3) is 0 Å². The third-order valence-corrected chi connectivity index (χ3v) is 3.61. The van der Waals surface area contributed by atoms with Crippen LogP contribution in [0.3, 0.4) is 0 Å². The van der Waals surface area contributed by atoms with E-state index in [9.17, 15) is 0 Å². The fourth-order valence-corrected chi connectivity index (χ4v) is 2.56. The van der Waals surface area contributed by atoms with Crippen LogP contribution in [0.1, 0.15) is 32.5 Å². The van der Waals surface area contributed by atoms with E-state index in [1.54, 1.807) is 0 Å². The zero-order valence-electron chi connectivity index (χ0n) is 11.9. The molecule has 0 spiro atoms. The number of ether oxygens (including phenoxy) is 1. The average molecular weight is 315 g/mol. The first-order valence-corrected chi connectivity index (χ1v) is 7.85. The highest BCUT2D eigenvalue weighted by molar-refractivity contribution is 6.31. The van der Waals surface area contributed by atoms with Gasteiger partial charge in [0, 0.05) is 18.2 Å². The molecule has 0 radical (unpaired) electrons. The summed E-state index contributed by atoms with van der Waals surface area (Å²) in [4.78, 5) is 4.54. The Hall–Kier alpha value is -0.770. The van der Waals surface area contributed by atoms with Gasteiger partial charge in [0.1, 0.15) is 5.82 Å². The number of imidazole rings is 1. The molecule has 0 aliphatic carbocycles. The van der Waals surface area contributed by atoms with Gasteiger partial charge in [0.2, 0.25) is 0 Å². The van der Waals surface area contributed by atoms with Crippen LogP contribution < -0.4 is 0 Å². The number of benzene rings is 1. The van der Waals surface area contributed by atoms with Gasteiger partial charge in [-0.2, -0.15) is 0 Å². The Morgan fingerprint density at radius 2 is 2.10 bits per heavy atom. The molecular weight excluding hydrogens is 295 g/mol. The van der Waals surface area contributed by atoms with Crippen LogP contribution in [0.25, 0.3) is 11.0 Å². The highest BCUT2D eigenvalue weighted by Crippen LogP contribution is 2.22. The summed E-state index contributed by atoms with van der Waals surface area (Å²) in [5.41, 5.74) is 2.00. The molecular formula is C15H20Cl2N2O. The topological polar surface area (TPSA) is 27.1 Å². The predicted octanol–water partition coefficient (Wildman–Crippen LogP) is 4.63. The zero-order chi connectivity index (χ0) is 14.5. The second kappa shape index (κ2) is 7.30. The Morgan fingerprint density at radius 3 is 2.80 bits per heavy atom. The summed E-state index contributed by atoms with van der Waals surface area (Å²) in [7, 11) is 0.